The highest BCUT2D eigenvalue weighted by Crippen LogP contribution is 2.11. The lowest BCUT2D eigenvalue weighted by molar-refractivity contribution is 0.0697. The van der Waals surface area contributed by atoms with Gasteiger partial charge >= 0.3 is 5.97 Å². The average molecular weight is 267 g/mol. The molecule has 0 heterocycles. The molecule has 0 spiro atoms. The molecule has 1 aromatic rings. The van der Waals surface area contributed by atoms with Crippen LogP contribution in [-0.2, 0) is 0 Å². The minimum Gasteiger partial charge on any atom is -0.478 e. The van der Waals surface area contributed by atoms with E-state index in [1.165, 1.54) is 0 Å². The summed E-state index contributed by atoms with van der Waals surface area (Å²) in [6.45, 7) is 2.45. The number of halogens is 2. The van der Waals surface area contributed by atoms with Crippen molar-refractivity contribution in [2.75, 3.05) is 11.9 Å². The molecule has 0 aromatic heterocycles. The van der Waals surface area contributed by atoms with Crippen LogP contribution < -0.4 is 11.1 Å². The van der Waals surface area contributed by atoms with Gasteiger partial charge in [-0.05, 0) is 25.1 Å². The third-order valence-electron chi connectivity index (χ3n) is 1.88. The maximum atomic E-state index is 10.7. The van der Waals surface area contributed by atoms with Crippen molar-refractivity contribution in [1.82, 2.24) is 0 Å². The fraction of sp³-hybridized carbons (Fsp3) is 0.300. The van der Waals surface area contributed by atoms with Crippen molar-refractivity contribution in [1.29, 1.82) is 0 Å². The number of carbonyl (C=O) groups is 1. The number of carboxylic acid groups (broad SMARTS) is 1. The van der Waals surface area contributed by atoms with E-state index in [-0.39, 0.29) is 36.4 Å². The SMILES string of the molecule is CC(CN)Nc1cccc(C(=O)O)c1.Cl.Cl. The van der Waals surface area contributed by atoms with Crippen LogP contribution in [0, 0.1) is 0 Å². The minimum absolute atomic E-state index is 0. The molecule has 0 saturated carbocycles. The Morgan fingerprint density at radius 2 is 2.12 bits per heavy atom. The highest BCUT2D eigenvalue weighted by Gasteiger charge is 2.04. The Bertz CT molecular complexity index is 334. The van der Waals surface area contributed by atoms with E-state index in [0.29, 0.717) is 6.54 Å². The Morgan fingerprint density at radius 1 is 1.50 bits per heavy atom. The van der Waals surface area contributed by atoms with Crippen molar-refractivity contribution in [3.8, 4) is 0 Å². The van der Waals surface area contributed by atoms with Gasteiger partial charge in [-0.25, -0.2) is 4.79 Å². The molecule has 1 aromatic carbocycles. The molecule has 4 N–H and O–H groups in total. The van der Waals surface area contributed by atoms with E-state index >= 15 is 0 Å². The van der Waals surface area contributed by atoms with Crippen LogP contribution in [0.2, 0.25) is 0 Å². The number of nitrogens with one attached hydrogen (secondary N) is 1. The second-order valence-electron chi connectivity index (χ2n) is 3.17. The molecule has 1 atom stereocenters. The van der Waals surface area contributed by atoms with Gasteiger partial charge in [0.1, 0.15) is 0 Å². The molecule has 0 bridgehead atoms. The van der Waals surface area contributed by atoms with Crippen molar-refractivity contribution >= 4 is 36.5 Å². The van der Waals surface area contributed by atoms with E-state index in [0.717, 1.165) is 5.69 Å². The Morgan fingerprint density at radius 3 is 2.62 bits per heavy atom. The Balaban J connectivity index is 0. The monoisotopic (exact) mass is 266 g/mol. The smallest absolute Gasteiger partial charge is 0.335 e. The van der Waals surface area contributed by atoms with E-state index < -0.39 is 5.97 Å². The summed E-state index contributed by atoms with van der Waals surface area (Å²) in [5.74, 6) is -0.922. The van der Waals surface area contributed by atoms with Gasteiger partial charge in [-0.15, -0.1) is 24.8 Å². The van der Waals surface area contributed by atoms with Crippen LogP contribution in [0.25, 0.3) is 0 Å². The number of carboxylic acids is 1. The van der Waals surface area contributed by atoms with Gasteiger partial charge in [0, 0.05) is 18.3 Å². The van der Waals surface area contributed by atoms with Crippen LogP contribution >= 0.6 is 24.8 Å². The second kappa shape index (κ2) is 8.21. The molecule has 1 rings (SSSR count). The first-order chi connectivity index (χ1) is 6.63. The summed E-state index contributed by atoms with van der Waals surface area (Å²) in [7, 11) is 0. The van der Waals surface area contributed by atoms with Gasteiger partial charge in [-0.1, -0.05) is 6.07 Å². The number of aromatic carboxylic acids is 1. The molecule has 0 amide bonds. The summed E-state index contributed by atoms with van der Waals surface area (Å²) in [6.07, 6.45) is 0. The lowest BCUT2D eigenvalue weighted by Gasteiger charge is -2.12. The molecule has 0 aliphatic rings. The Labute approximate surface area is 107 Å². The summed E-state index contributed by atoms with van der Waals surface area (Å²) in [6, 6.07) is 6.81. The quantitative estimate of drug-likeness (QED) is 0.779. The number of anilines is 1. The molecule has 0 aliphatic carbocycles. The van der Waals surface area contributed by atoms with Gasteiger partial charge in [0.15, 0.2) is 0 Å². The number of hydrogen-bond donors (Lipinski definition) is 3. The molecule has 6 heteroatoms. The zero-order chi connectivity index (χ0) is 10.6. The summed E-state index contributed by atoms with van der Waals surface area (Å²) < 4.78 is 0. The number of rotatable bonds is 4. The van der Waals surface area contributed by atoms with Gasteiger partial charge in [-0.3, -0.25) is 0 Å². The molecular weight excluding hydrogens is 251 g/mol. The fourth-order valence-electron chi connectivity index (χ4n) is 1.09. The molecule has 92 valence electrons. The molecule has 1 unspecified atom stereocenters. The fourth-order valence-corrected chi connectivity index (χ4v) is 1.09. The molecule has 0 aliphatic heterocycles. The summed E-state index contributed by atoms with van der Waals surface area (Å²) in [4.78, 5) is 10.7. The maximum Gasteiger partial charge on any atom is 0.335 e. The van der Waals surface area contributed by atoms with Gasteiger partial charge < -0.3 is 16.2 Å². The first-order valence-corrected chi connectivity index (χ1v) is 4.43. The van der Waals surface area contributed by atoms with Crippen LogP contribution in [0.4, 0.5) is 5.69 Å². The summed E-state index contributed by atoms with van der Waals surface area (Å²) in [5, 5.41) is 11.8. The van der Waals surface area contributed by atoms with E-state index in [2.05, 4.69) is 5.32 Å². The van der Waals surface area contributed by atoms with E-state index in [1.54, 1.807) is 18.2 Å². The molecule has 4 nitrogen and oxygen atoms in total. The molecular formula is C10H16Cl2N2O2. The summed E-state index contributed by atoms with van der Waals surface area (Å²) >= 11 is 0. The van der Waals surface area contributed by atoms with E-state index in [4.69, 9.17) is 10.8 Å². The van der Waals surface area contributed by atoms with Gasteiger partial charge in [0.25, 0.3) is 0 Å². The predicted molar refractivity (Wildman–Crippen MR) is 70.0 cm³/mol. The summed E-state index contributed by atoms with van der Waals surface area (Å²) in [5.41, 5.74) is 6.50. The zero-order valence-corrected chi connectivity index (χ0v) is 10.5. The van der Waals surface area contributed by atoms with Gasteiger partial charge in [0.2, 0.25) is 0 Å². The first-order valence-electron chi connectivity index (χ1n) is 4.43. The van der Waals surface area contributed by atoms with Crippen molar-refractivity contribution in [3.05, 3.63) is 29.8 Å². The van der Waals surface area contributed by atoms with Crippen LogP contribution in [0.1, 0.15) is 17.3 Å². The zero-order valence-electron chi connectivity index (χ0n) is 8.84. The normalized spacial score (nSPS) is 10.6. The minimum atomic E-state index is -0.922. The Hall–Kier alpha value is -0.970. The van der Waals surface area contributed by atoms with E-state index in [9.17, 15) is 4.79 Å². The topological polar surface area (TPSA) is 75.3 Å². The Kier molecular flexibility index (Phi) is 8.95. The third-order valence-corrected chi connectivity index (χ3v) is 1.88. The maximum absolute atomic E-state index is 10.7. The van der Waals surface area contributed by atoms with Gasteiger partial charge in [0.05, 0.1) is 5.56 Å². The average Bonchev–Trinajstić information content (AvgIpc) is 2.18. The third kappa shape index (κ3) is 5.21. The predicted octanol–water partition coefficient (Wildman–Crippen LogP) is 1.99. The van der Waals surface area contributed by atoms with Gasteiger partial charge in [-0.2, -0.15) is 0 Å². The van der Waals surface area contributed by atoms with Crippen LogP contribution in [-0.4, -0.2) is 23.7 Å². The molecule has 16 heavy (non-hydrogen) atoms. The first kappa shape index (κ1) is 17.4. The number of benzene rings is 1. The van der Waals surface area contributed by atoms with Crippen molar-refractivity contribution in [2.45, 2.75) is 13.0 Å². The van der Waals surface area contributed by atoms with E-state index in [1.807, 2.05) is 13.0 Å². The van der Waals surface area contributed by atoms with Crippen LogP contribution in [0.5, 0.6) is 0 Å². The lowest BCUT2D eigenvalue weighted by Crippen LogP contribution is -2.25. The number of hydrogen-bond acceptors (Lipinski definition) is 3. The standard InChI is InChI=1S/C10H14N2O2.2ClH/c1-7(6-11)12-9-4-2-3-8(5-9)10(13)14;;/h2-5,7,12H,6,11H2,1H3,(H,13,14);2*1H. The molecule has 0 radical (unpaired) electrons. The van der Waals surface area contributed by atoms with Crippen LogP contribution in [0.3, 0.4) is 0 Å². The van der Waals surface area contributed by atoms with Crippen LogP contribution in [0.15, 0.2) is 24.3 Å². The lowest BCUT2D eigenvalue weighted by atomic mass is 10.2. The highest BCUT2D eigenvalue weighted by atomic mass is 35.5. The molecule has 0 fully saturated rings. The largest absolute Gasteiger partial charge is 0.478 e. The van der Waals surface area contributed by atoms with Crippen molar-refractivity contribution < 1.29 is 9.90 Å². The molecule has 0 saturated heterocycles. The van der Waals surface area contributed by atoms with Crippen molar-refractivity contribution in [3.63, 3.8) is 0 Å². The van der Waals surface area contributed by atoms with Crippen molar-refractivity contribution in [2.24, 2.45) is 5.73 Å². The highest BCUT2D eigenvalue weighted by molar-refractivity contribution is 5.88. The second-order valence-corrected chi connectivity index (χ2v) is 3.17. The number of nitrogens with two attached hydrogens (primary N) is 1.